The molecule has 1 N–H and O–H groups in total. The van der Waals surface area contributed by atoms with Gasteiger partial charge in [0.1, 0.15) is 11.0 Å². The molecule has 5 rings (SSSR count). The Morgan fingerprint density at radius 2 is 1.49 bits per heavy atom. The Morgan fingerprint density at radius 1 is 0.933 bits per heavy atom. The summed E-state index contributed by atoms with van der Waals surface area (Å²) in [5.41, 5.74) is -2.72. The van der Waals surface area contributed by atoms with Gasteiger partial charge in [0.15, 0.2) is 23.2 Å². The molecule has 0 spiro atoms. The number of hydrogen-bond acceptors (Lipinski definition) is 11. The van der Waals surface area contributed by atoms with Gasteiger partial charge in [0, 0.05) is 49.8 Å². The largest absolute Gasteiger partial charge is 0.481 e. The molecule has 0 bridgehead atoms. The van der Waals surface area contributed by atoms with Gasteiger partial charge in [0.2, 0.25) is 11.8 Å². The molecule has 1 aliphatic heterocycles. The number of ether oxygens (including phenoxy) is 2. The van der Waals surface area contributed by atoms with Crippen molar-refractivity contribution in [2.24, 2.45) is 5.41 Å². The molecule has 4 aromatic heterocycles. The third-order valence-electron chi connectivity index (χ3n) is 8.40. The number of carboxylic acid groups (broad SMARTS) is 1. The smallest absolute Gasteiger partial charge is 0.409 e. The molecule has 0 aromatic carbocycles. The molecule has 0 aliphatic carbocycles. The van der Waals surface area contributed by atoms with Crippen LogP contribution >= 0.6 is 0 Å². The van der Waals surface area contributed by atoms with Gasteiger partial charge in [-0.2, -0.15) is 9.97 Å². The molecule has 1 amide bonds. The lowest BCUT2D eigenvalue weighted by molar-refractivity contribution is -0.141. The van der Waals surface area contributed by atoms with Crippen molar-refractivity contribution < 1.29 is 24.2 Å². The summed E-state index contributed by atoms with van der Waals surface area (Å²) in [6, 6.07) is 5.97. The average Bonchev–Trinajstić information content (AvgIpc) is 3.02. The maximum absolute atomic E-state index is 13.5. The van der Waals surface area contributed by atoms with Crippen LogP contribution in [0, 0.1) is 5.41 Å². The van der Waals surface area contributed by atoms with E-state index in [1.165, 1.54) is 20.4 Å². The maximum atomic E-state index is 13.5. The number of amides is 1. The fourth-order valence-corrected chi connectivity index (χ4v) is 6.08. The fraction of sp³-hybridized carbons (Fsp3) is 0.467. The van der Waals surface area contributed by atoms with Gasteiger partial charge in [-0.25, -0.2) is 14.8 Å². The summed E-state index contributed by atoms with van der Waals surface area (Å²) in [5, 5.41) is 10.7. The number of likely N-dealkylation sites (tertiary alicyclic amines) is 1. The highest BCUT2D eigenvalue weighted by atomic mass is 16.5. The summed E-state index contributed by atoms with van der Waals surface area (Å²) < 4.78 is 13.2. The summed E-state index contributed by atoms with van der Waals surface area (Å²) in [6.07, 6.45) is 2.27. The number of aldehydes is 1. The van der Waals surface area contributed by atoms with E-state index in [0.29, 0.717) is 67.9 Å². The van der Waals surface area contributed by atoms with Crippen molar-refractivity contribution in [1.82, 2.24) is 38.9 Å². The molecule has 45 heavy (non-hydrogen) atoms. The first-order valence-electron chi connectivity index (χ1n) is 14.5. The molecule has 1 fully saturated rings. The highest BCUT2D eigenvalue weighted by molar-refractivity contribution is 5.79. The highest BCUT2D eigenvalue weighted by Gasteiger charge is 2.55. The molecule has 1 atom stereocenters. The minimum atomic E-state index is -1.97. The maximum Gasteiger partial charge on any atom is 0.409 e. The van der Waals surface area contributed by atoms with Crippen molar-refractivity contribution >= 4 is 34.7 Å². The number of rotatable bonds is 9. The number of fused-ring (bicyclic) bond motifs is 2. The lowest BCUT2D eigenvalue weighted by Crippen LogP contribution is -2.67. The van der Waals surface area contributed by atoms with Gasteiger partial charge in [-0.3, -0.25) is 28.4 Å². The van der Waals surface area contributed by atoms with Crippen LogP contribution in [0.25, 0.3) is 22.3 Å². The lowest BCUT2D eigenvalue weighted by Gasteiger charge is -2.52. The summed E-state index contributed by atoms with van der Waals surface area (Å²) in [7, 11) is 2.92. The molecule has 1 unspecified atom stereocenters. The predicted molar refractivity (Wildman–Crippen MR) is 164 cm³/mol. The molecule has 15 heteroatoms. The van der Waals surface area contributed by atoms with E-state index < -0.39 is 28.8 Å². The van der Waals surface area contributed by atoms with Crippen LogP contribution < -0.4 is 20.6 Å². The van der Waals surface area contributed by atoms with E-state index >= 15 is 0 Å². The Balaban J connectivity index is 1.46. The zero-order chi connectivity index (χ0) is 32.5. The van der Waals surface area contributed by atoms with Crippen LogP contribution in [-0.2, 0) is 17.0 Å². The topological polar surface area (TPSA) is 175 Å². The van der Waals surface area contributed by atoms with Crippen LogP contribution in [0.4, 0.5) is 4.79 Å². The van der Waals surface area contributed by atoms with Crippen LogP contribution in [0.15, 0.2) is 46.2 Å². The van der Waals surface area contributed by atoms with E-state index in [0.717, 1.165) is 15.7 Å². The van der Waals surface area contributed by atoms with Gasteiger partial charge in [-0.1, -0.05) is 20.8 Å². The molecule has 4 aromatic rings. The van der Waals surface area contributed by atoms with Crippen molar-refractivity contribution in [2.75, 3.05) is 33.9 Å². The third-order valence-corrected chi connectivity index (χ3v) is 8.40. The van der Waals surface area contributed by atoms with Crippen LogP contribution in [0.1, 0.15) is 33.6 Å². The van der Waals surface area contributed by atoms with Crippen molar-refractivity contribution in [2.45, 2.75) is 51.9 Å². The Hall–Kier alpha value is -4.92. The number of carbonyl (C=O) groups is 2. The summed E-state index contributed by atoms with van der Waals surface area (Å²) in [6.45, 7) is 6.94. The van der Waals surface area contributed by atoms with Crippen molar-refractivity contribution in [3.63, 3.8) is 0 Å². The molecular weight excluding hydrogens is 584 g/mol. The molecule has 238 valence electrons. The Bertz CT molecular complexity index is 1860. The Morgan fingerprint density at radius 3 is 2.02 bits per heavy atom. The quantitative estimate of drug-likeness (QED) is 0.270. The zero-order valence-corrected chi connectivity index (χ0v) is 25.8. The summed E-state index contributed by atoms with van der Waals surface area (Å²) >= 11 is 0. The summed E-state index contributed by atoms with van der Waals surface area (Å²) in [4.78, 5) is 73.1. The minimum absolute atomic E-state index is 0.0350. The first-order valence-corrected chi connectivity index (χ1v) is 14.5. The summed E-state index contributed by atoms with van der Waals surface area (Å²) in [5.74, 6) is 0.549. The van der Waals surface area contributed by atoms with Crippen LogP contribution in [0.5, 0.6) is 11.8 Å². The molecular formula is C30H36N8O7. The Labute approximate surface area is 258 Å². The molecule has 0 saturated carbocycles. The molecule has 0 radical (unpaired) electrons. The lowest BCUT2D eigenvalue weighted by atomic mass is 9.78. The van der Waals surface area contributed by atoms with E-state index in [1.807, 2.05) is 0 Å². The van der Waals surface area contributed by atoms with E-state index in [4.69, 9.17) is 9.47 Å². The van der Waals surface area contributed by atoms with Crippen molar-refractivity contribution in [3.8, 4) is 11.8 Å². The van der Waals surface area contributed by atoms with Gasteiger partial charge in [0.05, 0.1) is 26.6 Å². The monoisotopic (exact) mass is 620 g/mol. The molecule has 1 aliphatic rings. The molecule has 5 heterocycles. The second-order valence-corrected chi connectivity index (χ2v) is 11.9. The van der Waals surface area contributed by atoms with E-state index in [9.17, 15) is 24.3 Å². The van der Waals surface area contributed by atoms with Crippen LogP contribution in [-0.4, -0.2) is 96.3 Å². The second kappa shape index (κ2) is 12.2. The van der Waals surface area contributed by atoms with Gasteiger partial charge < -0.3 is 19.5 Å². The van der Waals surface area contributed by atoms with Gasteiger partial charge in [-0.05, 0) is 25.0 Å². The molecule has 15 nitrogen and oxygen atoms in total. The zero-order valence-electron chi connectivity index (χ0n) is 25.8. The van der Waals surface area contributed by atoms with E-state index in [2.05, 4.69) is 24.8 Å². The third kappa shape index (κ3) is 5.59. The second-order valence-electron chi connectivity index (χ2n) is 11.9. The van der Waals surface area contributed by atoms with Crippen molar-refractivity contribution in [3.05, 3.63) is 57.4 Å². The number of pyridine rings is 2. The normalized spacial score (nSPS) is 15.9. The van der Waals surface area contributed by atoms with Crippen LogP contribution in [0.2, 0.25) is 0 Å². The number of piperidine rings is 1. The van der Waals surface area contributed by atoms with Gasteiger partial charge in [-0.15, -0.1) is 0 Å². The predicted octanol–water partition coefficient (Wildman–Crippen LogP) is 1.96. The number of nitrogens with zero attached hydrogens (tertiary/aromatic N) is 8. The SMILES string of the molecule is COc1ccc2ncc(=O)n(CCN3CCC(N(C(=O)O)C(C=O)(n4c(=O)cnc5ccc(OC)nc54)C(C)(C)C)CC3)c2n1. The van der Waals surface area contributed by atoms with E-state index in [-0.39, 0.29) is 17.1 Å². The van der Waals surface area contributed by atoms with E-state index in [1.54, 1.807) is 49.6 Å². The van der Waals surface area contributed by atoms with Crippen molar-refractivity contribution in [1.29, 1.82) is 0 Å². The first-order chi connectivity index (χ1) is 21.4. The number of aromatic nitrogens is 6. The average molecular weight is 621 g/mol. The van der Waals surface area contributed by atoms with Gasteiger partial charge in [0.25, 0.3) is 11.1 Å². The standard InChI is InChI=1S/C30H36N8O7/c1-29(2,3)30(18-39,38-25(41)17-32-21-7-9-23(45-5)34-27(21)38)37(28(42)43)19-10-12-35(13-11-19)14-15-36-24(40)16-31-20-6-8-22(44-4)33-26(20)36/h6-9,16-19H,10-15H2,1-5H3,(H,42,43). The van der Waals surface area contributed by atoms with Gasteiger partial charge >= 0.3 is 6.09 Å². The highest BCUT2D eigenvalue weighted by Crippen LogP contribution is 2.42. The van der Waals surface area contributed by atoms with Crippen LogP contribution in [0.3, 0.4) is 0 Å². The first kappa shape index (κ1) is 31.5. The molecule has 1 saturated heterocycles. The number of carbonyl (C=O) groups excluding carboxylic acids is 1. The minimum Gasteiger partial charge on any atom is -0.481 e. The fourth-order valence-electron chi connectivity index (χ4n) is 6.08. The Kier molecular flexibility index (Phi) is 8.56. The number of methoxy groups -OCH3 is 2. The number of hydrogen-bond donors (Lipinski definition) is 1.